The summed E-state index contributed by atoms with van der Waals surface area (Å²) in [4.78, 5) is 2.37. The molecule has 0 spiro atoms. The van der Waals surface area contributed by atoms with Crippen molar-refractivity contribution >= 4 is 0 Å². The third kappa shape index (κ3) is 4.50. The van der Waals surface area contributed by atoms with E-state index in [-0.39, 0.29) is 6.04 Å². The zero-order valence-electron chi connectivity index (χ0n) is 13.8. The van der Waals surface area contributed by atoms with E-state index in [1.165, 1.54) is 5.56 Å². The maximum absolute atomic E-state index is 5.99. The van der Waals surface area contributed by atoms with Gasteiger partial charge in [0, 0.05) is 24.2 Å². The Labute approximate surface area is 124 Å². The summed E-state index contributed by atoms with van der Waals surface area (Å²) in [6, 6.07) is 6.87. The maximum Gasteiger partial charge on any atom is 0.123 e. The van der Waals surface area contributed by atoms with Crippen molar-refractivity contribution in [1.29, 1.82) is 0 Å². The lowest BCUT2D eigenvalue weighted by atomic mass is 10.0. The highest BCUT2D eigenvalue weighted by Gasteiger charge is 2.16. The molecule has 0 aromatic heterocycles. The Morgan fingerprint density at radius 3 is 2.35 bits per heavy atom. The number of hydrogen-bond donors (Lipinski definition) is 1. The Kier molecular flexibility index (Phi) is 6.50. The fourth-order valence-electron chi connectivity index (χ4n) is 2.22. The Morgan fingerprint density at radius 1 is 1.20 bits per heavy atom. The van der Waals surface area contributed by atoms with E-state index < -0.39 is 0 Å². The SMILES string of the molecule is CCOc1ccc(C(C)N)cc1CN(C)C(C)C(C)C. The van der Waals surface area contributed by atoms with Crippen LogP contribution in [0.25, 0.3) is 0 Å². The zero-order chi connectivity index (χ0) is 15.3. The number of nitrogens with zero attached hydrogens (tertiary/aromatic N) is 1. The van der Waals surface area contributed by atoms with Gasteiger partial charge in [-0.3, -0.25) is 4.90 Å². The van der Waals surface area contributed by atoms with E-state index in [0.29, 0.717) is 18.6 Å². The summed E-state index contributed by atoms with van der Waals surface area (Å²) in [5, 5.41) is 0. The highest BCUT2D eigenvalue weighted by molar-refractivity contribution is 5.38. The van der Waals surface area contributed by atoms with Crippen LogP contribution in [-0.4, -0.2) is 24.6 Å². The van der Waals surface area contributed by atoms with E-state index in [2.05, 4.69) is 44.9 Å². The van der Waals surface area contributed by atoms with Crippen molar-refractivity contribution in [3.05, 3.63) is 29.3 Å². The van der Waals surface area contributed by atoms with Gasteiger partial charge < -0.3 is 10.5 Å². The average molecular weight is 278 g/mol. The lowest BCUT2D eigenvalue weighted by molar-refractivity contribution is 0.197. The molecule has 2 unspecified atom stereocenters. The first kappa shape index (κ1) is 17.0. The zero-order valence-corrected chi connectivity index (χ0v) is 13.8. The summed E-state index contributed by atoms with van der Waals surface area (Å²) in [6.45, 7) is 12.4. The Balaban J connectivity index is 2.97. The van der Waals surface area contributed by atoms with Gasteiger partial charge in [-0.2, -0.15) is 0 Å². The molecule has 114 valence electrons. The molecule has 0 amide bonds. The van der Waals surface area contributed by atoms with Gasteiger partial charge in [0.15, 0.2) is 0 Å². The predicted octanol–water partition coefficient (Wildman–Crippen LogP) is 3.58. The van der Waals surface area contributed by atoms with Crippen LogP contribution in [0.3, 0.4) is 0 Å². The van der Waals surface area contributed by atoms with E-state index in [9.17, 15) is 0 Å². The van der Waals surface area contributed by atoms with E-state index in [0.717, 1.165) is 17.9 Å². The molecule has 0 heterocycles. The average Bonchev–Trinajstić information content (AvgIpc) is 2.39. The minimum Gasteiger partial charge on any atom is -0.494 e. The standard InChI is InChI=1S/C17H30N2O/c1-7-20-17-9-8-15(13(4)18)10-16(17)11-19(6)14(5)12(2)3/h8-10,12-14H,7,11,18H2,1-6H3. The Bertz CT molecular complexity index is 415. The molecule has 0 aliphatic rings. The summed E-state index contributed by atoms with van der Waals surface area (Å²) in [6.07, 6.45) is 0. The highest BCUT2D eigenvalue weighted by Crippen LogP contribution is 2.25. The first-order valence-electron chi connectivity index (χ1n) is 7.58. The molecule has 20 heavy (non-hydrogen) atoms. The fourth-order valence-corrected chi connectivity index (χ4v) is 2.22. The molecular formula is C17H30N2O. The third-order valence-electron chi connectivity index (χ3n) is 3.99. The van der Waals surface area contributed by atoms with Crippen molar-refractivity contribution in [2.45, 2.75) is 53.2 Å². The molecule has 0 saturated carbocycles. The van der Waals surface area contributed by atoms with Crippen LogP contribution in [0, 0.1) is 5.92 Å². The van der Waals surface area contributed by atoms with E-state index in [1.54, 1.807) is 0 Å². The molecule has 0 fully saturated rings. The topological polar surface area (TPSA) is 38.5 Å². The first-order valence-corrected chi connectivity index (χ1v) is 7.58. The summed E-state index contributed by atoms with van der Waals surface area (Å²) < 4.78 is 5.75. The molecule has 0 saturated heterocycles. The van der Waals surface area contributed by atoms with Crippen LogP contribution in [0.2, 0.25) is 0 Å². The summed E-state index contributed by atoms with van der Waals surface area (Å²) in [5.41, 5.74) is 8.37. The molecule has 2 N–H and O–H groups in total. The molecule has 2 atom stereocenters. The van der Waals surface area contributed by atoms with Crippen LogP contribution in [0.5, 0.6) is 5.75 Å². The lowest BCUT2D eigenvalue weighted by Gasteiger charge is -2.28. The molecule has 1 rings (SSSR count). The van der Waals surface area contributed by atoms with Crippen molar-refractivity contribution in [3.63, 3.8) is 0 Å². The van der Waals surface area contributed by atoms with Crippen LogP contribution < -0.4 is 10.5 Å². The van der Waals surface area contributed by atoms with Gasteiger partial charge in [-0.15, -0.1) is 0 Å². The number of hydrogen-bond acceptors (Lipinski definition) is 3. The Morgan fingerprint density at radius 2 is 1.85 bits per heavy atom. The molecule has 1 aromatic carbocycles. The van der Waals surface area contributed by atoms with Gasteiger partial charge in [0.1, 0.15) is 5.75 Å². The minimum atomic E-state index is 0.0530. The smallest absolute Gasteiger partial charge is 0.123 e. The third-order valence-corrected chi connectivity index (χ3v) is 3.99. The summed E-state index contributed by atoms with van der Waals surface area (Å²) in [7, 11) is 2.17. The summed E-state index contributed by atoms with van der Waals surface area (Å²) >= 11 is 0. The molecule has 0 radical (unpaired) electrons. The molecule has 3 nitrogen and oxygen atoms in total. The van der Waals surface area contributed by atoms with Crippen LogP contribution in [0.15, 0.2) is 18.2 Å². The molecule has 3 heteroatoms. The van der Waals surface area contributed by atoms with Gasteiger partial charge >= 0.3 is 0 Å². The molecule has 1 aromatic rings. The van der Waals surface area contributed by atoms with E-state index in [1.807, 2.05) is 19.9 Å². The number of benzene rings is 1. The van der Waals surface area contributed by atoms with Crippen molar-refractivity contribution in [3.8, 4) is 5.75 Å². The van der Waals surface area contributed by atoms with Crippen molar-refractivity contribution in [2.75, 3.05) is 13.7 Å². The molecular weight excluding hydrogens is 248 g/mol. The summed E-state index contributed by atoms with van der Waals surface area (Å²) in [5.74, 6) is 1.60. The van der Waals surface area contributed by atoms with Crippen molar-refractivity contribution < 1.29 is 4.74 Å². The quantitative estimate of drug-likeness (QED) is 0.828. The monoisotopic (exact) mass is 278 g/mol. The molecule has 0 bridgehead atoms. The van der Waals surface area contributed by atoms with Gasteiger partial charge in [-0.25, -0.2) is 0 Å². The Hall–Kier alpha value is -1.06. The number of nitrogens with two attached hydrogens (primary N) is 1. The second-order valence-electron chi connectivity index (χ2n) is 5.99. The minimum absolute atomic E-state index is 0.0530. The van der Waals surface area contributed by atoms with Crippen LogP contribution in [-0.2, 0) is 6.54 Å². The van der Waals surface area contributed by atoms with E-state index in [4.69, 9.17) is 10.5 Å². The maximum atomic E-state index is 5.99. The normalized spacial score (nSPS) is 14.7. The van der Waals surface area contributed by atoms with Gasteiger partial charge in [0.25, 0.3) is 0 Å². The van der Waals surface area contributed by atoms with Gasteiger partial charge in [-0.1, -0.05) is 19.9 Å². The van der Waals surface area contributed by atoms with Crippen LogP contribution >= 0.6 is 0 Å². The molecule has 0 aliphatic carbocycles. The van der Waals surface area contributed by atoms with Gasteiger partial charge in [-0.05, 0) is 51.4 Å². The van der Waals surface area contributed by atoms with Crippen molar-refractivity contribution in [1.82, 2.24) is 4.90 Å². The predicted molar refractivity (Wildman–Crippen MR) is 86.0 cm³/mol. The van der Waals surface area contributed by atoms with Gasteiger partial charge in [0.2, 0.25) is 0 Å². The first-order chi connectivity index (χ1) is 9.36. The highest BCUT2D eigenvalue weighted by atomic mass is 16.5. The van der Waals surface area contributed by atoms with Crippen LogP contribution in [0.1, 0.15) is 51.8 Å². The second kappa shape index (κ2) is 7.65. The number of rotatable bonds is 7. The second-order valence-corrected chi connectivity index (χ2v) is 5.99. The van der Waals surface area contributed by atoms with E-state index >= 15 is 0 Å². The largest absolute Gasteiger partial charge is 0.494 e. The lowest BCUT2D eigenvalue weighted by Crippen LogP contribution is -2.32. The molecule has 0 aliphatic heterocycles. The van der Waals surface area contributed by atoms with Crippen LogP contribution in [0.4, 0.5) is 0 Å². The van der Waals surface area contributed by atoms with Gasteiger partial charge in [0.05, 0.1) is 6.61 Å². The fraction of sp³-hybridized carbons (Fsp3) is 0.647. The van der Waals surface area contributed by atoms with Crippen molar-refractivity contribution in [2.24, 2.45) is 11.7 Å². The number of ether oxygens (including phenoxy) is 1.